The van der Waals surface area contributed by atoms with E-state index in [9.17, 15) is 9.90 Å². The lowest BCUT2D eigenvalue weighted by molar-refractivity contribution is -0.137. The summed E-state index contributed by atoms with van der Waals surface area (Å²) in [6.45, 7) is 2.12. The lowest BCUT2D eigenvalue weighted by atomic mass is 10.1. The Morgan fingerprint density at radius 3 is 2.71 bits per heavy atom. The number of rotatable bonds is 13. The van der Waals surface area contributed by atoms with Gasteiger partial charge in [0.1, 0.15) is 6.10 Å². The van der Waals surface area contributed by atoms with Gasteiger partial charge in [-0.05, 0) is 38.5 Å². The molecule has 0 saturated carbocycles. The number of unbranched alkanes of at least 4 members (excludes halogenated alkanes) is 1. The summed E-state index contributed by atoms with van der Waals surface area (Å²) in [6.07, 6.45) is 21.1. The van der Waals surface area contributed by atoms with Crippen LogP contribution < -0.4 is 0 Å². The van der Waals surface area contributed by atoms with Gasteiger partial charge in [-0.3, -0.25) is 4.79 Å². The van der Waals surface area contributed by atoms with Gasteiger partial charge < -0.3 is 14.9 Å². The molecule has 0 bridgehead atoms. The van der Waals surface area contributed by atoms with Crippen molar-refractivity contribution >= 4 is 5.97 Å². The summed E-state index contributed by atoms with van der Waals surface area (Å²) in [4.78, 5) is 10.4. The summed E-state index contributed by atoms with van der Waals surface area (Å²) in [6, 6.07) is 0. The molecule has 24 heavy (non-hydrogen) atoms. The second-order valence-corrected chi connectivity index (χ2v) is 5.91. The smallest absolute Gasteiger partial charge is 0.303 e. The number of aliphatic hydroxyl groups excluding tert-OH is 1. The maximum Gasteiger partial charge on any atom is 0.303 e. The predicted octanol–water partition coefficient (Wildman–Crippen LogP) is 4.17. The van der Waals surface area contributed by atoms with Crippen molar-refractivity contribution < 1.29 is 19.7 Å². The Balaban J connectivity index is 2.07. The van der Waals surface area contributed by atoms with Gasteiger partial charge >= 0.3 is 5.97 Å². The number of epoxide rings is 1. The first-order valence-corrected chi connectivity index (χ1v) is 8.82. The van der Waals surface area contributed by atoms with Crippen LogP contribution in [-0.4, -0.2) is 34.5 Å². The zero-order valence-electron chi connectivity index (χ0n) is 14.5. The molecule has 0 aromatic carbocycles. The number of carbonyl (C=O) groups is 1. The minimum absolute atomic E-state index is 0.120. The van der Waals surface area contributed by atoms with Crippen LogP contribution in [0.3, 0.4) is 0 Å². The monoisotopic (exact) mass is 334 g/mol. The third kappa shape index (κ3) is 11.0. The molecule has 0 aromatic rings. The summed E-state index contributed by atoms with van der Waals surface area (Å²) < 4.78 is 5.53. The maximum absolute atomic E-state index is 10.4. The summed E-state index contributed by atoms with van der Waals surface area (Å²) in [5.41, 5.74) is 0. The first-order valence-electron chi connectivity index (χ1n) is 8.82. The summed E-state index contributed by atoms with van der Waals surface area (Å²) in [5.74, 6) is -0.766. The quantitative estimate of drug-likeness (QED) is 0.301. The number of carboxylic acids is 1. The molecule has 1 aliphatic rings. The second-order valence-electron chi connectivity index (χ2n) is 5.91. The van der Waals surface area contributed by atoms with E-state index >= 15 is 0 Å². The lowest BCUT2D eigenvalue weighted by Gasteiger charge is -1.99. The zero-order valence-corrected chi connectivity index (χ0v) is 14.5. The fourth-order valence-corrected chi connectivity index (χ4v) is 2.22. The largest absolute Gasteiger partial charge is 0.481 e. The first-order chi connectivity index (χ1) is 11.6. The van der Waals surface area contributed by atoms with Crippen molar-refractivity contribution in [2.24, 2.45) is 0 Å². The van der Waals surface area contributed by atoms with Crippen LogP contribution >= 0.6 is 0 Å². The highest BCUT2D eigenvalue weighted by molar-refractivity contribution is 5.66. The molecule has 0 amide bonds. The molecule has 2 N–H and O–H groups in total. The van der Waals surface area contributed by atoms with E-state index in [2.05, 4.69) is 31.2 Å². The molecule has 3 atom stereocenters. The van der Waals surface area contributed by atoms with Gasteiger partial charge in [0.15, 0.2) is 0 Å². The first kappa shape index (κ1) is 20.4. The average molecular weight is 334 g/mol. The molecular formula is C20H30O4. The predicted molar refractivity (Wildman–Crippen MR) is 96.9 cm³/mol. The molecule has 0 aliphatic carbocycles. The average Bonchev–Trinajstić information content (AvgIpc) is 3.30. The number of hydrogen-bond acceptors (Lipinski definition) is 3. The molecule has 1 saturated heterocycles. The van der Waals surface area contributed by atoms with E-state index < -0.39 is 12.1 Å². The van der Waals surface area contributed by atoms with Crippen LogP contribution in [0.5, 0.6) is 0 Å². The number of carboxylic acid groups (broad SMARTS) is 1. The highest BCUT2D eigenvalue weighted by Crippen LogP contribution is 2.27. The highest BCUT2D eigenvalue weighted by Gasteiger charge is 2.34. The Hall–Kier alpha value is -1.65. The van der Waals surface area contributed by atoms with E-state index in [1.54, 1.807) is 6.08 Å². The normalized spacial score (nSPS) is 22.2. The number of aliphatic carboxylic acids is 1. The van der Waals surface area contributed by atoms with E-state index in [1.807, 2.05) is 18.2 Å². The molecule has 3 unspecified atom stereocenters. The van der Waals surface area contributed by atoms with E-state index in [-0.39, 0.29) is 18.6 Å². The Kier molecular flexibility index (Phi) is 10.8. The van der Waals surface area contributed by atoms with Crippen molar-refractivity contribution in [2.75, 3.05) is 0 Å². The fourth-order valence-electron chi connectivity index (χ4n) is 2.22. The van der Waals surface area contributed by atoms with Crippen LogP contribution in [0.4, 0.5) is 0 Å². The lowest BCUT2D eigenvalue weighted by Crippen LogP contribution is -2.00. The maximum atomic E-state index is 10.4. The Bertz CT molecular complexity index is 462. The highest BCUT2D eigenvalue weighted by atomic mass is 16.6. The van der Waals surface area contributed by atoms with Gasteiger partial charge in [0.25, 0.3) is 0 Å². The molecule has 0 radical (unpaired) electrons. The Morgan fingerprint density at radius 2 is 1.96 bits per heavy atom. The third-order valence-electron chi connectivity index (χ3n) is 3.66. The number of hydrogen-bond donors (Lipinski definition) is 2. The van der Waals surface area contributed by atoms with Gasteiger partial charge in [0, 0.05) is 6.42 Å². The Morgan fingerprint density at radius 1 is 1.17 bits per heavy atom. The van der Waals surface area contributed by atoms with Crippen LogP contribution in [0.25, 0.3) is 0 Å². The van der Waals surface area contributed by atoms with Crippen molar-refractivity contribution in [2.45, 2.75) is 70.2 Å². The molecule has 4 heteroatoms. The van der Waals surface area contributed by atoms with Crippen molar-refractivity contribution in [3.8, 4) is 0 Å². The van der Waals surface area contributed by atoms with Crippen molar-refractivity contribution in [1.82, 2.24) is 0 Å². The molecule has 0 aromatic heterocycles. The molecule has 1 rings (SSSR count). The van der Waals surface area contributed by atoms with E-state index in [1.165, 1.54) is 0 Å². The topological polar surface area (TPSA) is 70.1 Å². The third-order valence-corrected chi connectivity index (χ3v) is 3.66. The summed E-state index contributed by atoms with van der Waals surface area (Å²) in [7, 11) is 0. The van der Waals surface area contributed by atoms with Gasteiger partial charge in [-0.2, -0.15) is 0 Å². The molecule has 1 heterocycles. The summed E-state index contributed by atoms with van der Waals surface area (Å²) >= 11 is 0. The standard InChI is InChI=1S/C20H30O4/c1-2-3-4-5-6-10-13-18-19(24-18)16-15-17(21)12-9-7-8-11-14-20(22)23/h3-4,6-7,9-10,15-19,21H,2,5,8,11-14H2,1H3,(H,22,23)/b4-3+,9-7+,10-6+,16-15+. The number of allylic oxidation sites excluding steroid dienone is 4. The van der Waals surface area contributed by atoms with Crippen LogP contribution in [0.15, 0.2) is 48.6 Å². The van der Waals surface area contributed by atoms with Gasteiger partial charge in [0.05, 0.1) is 12.2 Å². The number of ether oxygens (including phenoxy) is 1. The molecule has 4 nitrogen and oxygen atoms in total. The molecule has 0 spiro atoms. The van der Waals surface area contributed by atoms with Crippen molar-refractivity contribution in [1.29, 1.82) is 0 Å². The van der Waals surface area contributed by atoms with Crippen molar-refractivity contribution in [3.05, 3.63) is 48.6 Å². The van der Waals surface area contributed by atoms with Crippen LogP contribution in [0.2, 0.25) is 0 Å². The van der Waals surface area contributed by atoms with Gasteiger partial charge in [-0.25, -0.2) is 0 Å². The summed E-state index contributed by atoms with van der Waals surface area (Å²) in [5, 5.41) is 18.4. The van der Waals surface area contributed by atoms with Gasteiger partial charge in [0.2, 0.25) is 0 Å². The second kappa shape index (κ2) is 12.7. The zero-order chi connectivity index (χ0) is 17.6. The minimum Gasteiger partial charge on any atom is -0.481 e. The van der Waals surface area contributed by atoms with E-state index in [0.717, 1.165) is 25.7 Å². The van der Waals surface area contributed by atoms with E-state index in [4.69, 9.17) is 9.84 Å². The van der Waals surface area contributed by atoms with Gasteiger partial charge in [-0.15, -0.1) is 0 Å². The molecular weight excluding hydrogens is 304 g/mol. The van der Waals surface area contributed by atoms with Crippen molar-refractivity contribution in [3.63, 3.8) is 0 Å². The van der Waals surface area contributed by atoms with Crippen LogP contribution in [0.1, 0.15) is 51.9 Å². The Labute approximate surface area is 145 Å². The molecule has 1 aliphatic heterocycles. The van der Waals surface area contributed by atoms with Crippen LogP contribution in [0, 0.1) is 0 Å². The fraction of sp³-hybridized carbons (Fsp3) is 0.550. The minimum atomic E-state index is -0.766. The van der Waals surface area contributed by atoms with Gasteiger partial charge in [-0.1, -0.05) is 55.5 Å². The molecule has 1 fully saturated rings. The SMILES string of the molecule is CC/C=C/C/C=C/CC1OC1/C=C/C(O)C/C=C/CCCC(=O)O. The molecule has 134 valence electrons. The van der Waals surface area contributed by atoms with E-state index in [0.29, 0.717) is 12.8 Å². The van der Waals surface area contributed by atoms with Crippen LogP contribution in [-0.2, 0) is 9.53 Å². The number of aliphatic hydroxyl groups is 1.